The zero-order valence-electron chi connectivity index (χ0n) is 11.5. The van der Waals surface area contributed by atoms with Gasteiger partial charge in [0.25, 0.3) is 5.91 Å². The molecule has 0 spiro atoms. The van der Waals surface area contributed by atoms with E-state index in [1.807, 2.05) is 0 Å². The van der Waals surface area contributed by atoms with Crippen LogP contribution in [0.25, 0.3) is 0 Å². The number of nitrogens with one attached hydrogen (secondary N) is 1. The summed E-state index contributed by atoms with van der Waals surface area (Å²) in [6.45, 7) is 1.49. The molecule has 0 saturated carbocycles. The van der Waals surface area contributed by atoms with E-state index in [0.717, 1.165) is 22.9 Å². The zero-order valence-corrected chi connectivity index (χ0v) is 13.2. The summed E-state index contributed by atoms with van der Waals surface area (Å²) < 4.78 is 42.3. The monoisotopic (exact) mass is 362 g/mol. The van der Waals surface area contributed by atoms with E-state index in [0.29, 0.717) is 0 Å². The molecule has 0 bridgehead atoms. The fraction of sp³-hybridized carbons (Fsp3) is 0.250. The topological polar surface area (TPSA) is 84.3 Å². The molecule has 1 N–H and O–H groups in total. The van der Waals surface area contributed by atoms with Crippen LogP contribution in [0.4, 0.5) is 13.2 Å². The van der Waals surface area contributed by atoms with E-state index < -0.39 is 30.0 Å². The van der Waals surface area contributed by atoms with E-state index in [9.17, 15) is 22.8 Å². The maximum absolute atomic E-state index is 12.9. The van der Waals surface area contributed by atoms with E-state index in [1.165, 1.54) is 13.0 Å². The molecule has 1 amide bonds. The standard InChI is InChI=1S/C12H9F3N4O2S2/c1-6-10(23-19-16-6)11(21)18-17-9(12(13,14)15)5-7(20)8-3-2-4-22-8/h2-4H,5H2,1H3,(H,18,21). The smallest absolute Gasteiger partial charge is 0.293 e. The predicted octanol–water partition coefficient (Wildman–Crippen LogP) is 2.83. The minimum Gasteiger partial charge on any atom is -0.293 e. The van der Waals surface area contributed by atoms with Crippen LogP contribution in [0.15, 0.2) is 22.6 Å². The number of carbonyl (C=O) groups excluding carboxylic acids is 2. The van der Waals surface area contributed by atoms with Crippen LogP contribution in [0, 0.1) is 6.92 Å². The molecule has 0 saturated heterocycles. The number of thiophene rings is 1. The first kappa shape index (κ1) is 17.2. The van der Waals surface area contributed by atoms with Crippen LogP contribution in [0.3, 0.4) is 0 Å². The van der Waals surface area contributed by atoms with Crippen molar-refractivity contribution in [1.29, 1.82) is 0 Å². The average Bonchev–Trinajstić information content (AvgIpc) is 3.12. The van der Waals surface area contributed by atoms with Crippen LogP contribution >= 0.6 is 22.9 Å². The zero-order chi connectivity index (χ0) is 17.0. The summed E-state index contributed by atoms with van der Waals surface area (Å²) >= 11 is 1.77. The normalized spacial score (nSPS) is 12.3. The third kappa shape index (κ3) is 4.42. The van der Waals surface area contributed by atoms with Crippen molar-refractivity contribution in [2.45, 2.75) is 19.5 Å². The number of hydrogen-bond donors (Lipinski definition) is 1. The molecular weight excluding hydrogens is 353 g/mol. The van der Waals surface area contributed by atoms with Crippen molar-refractivity contribution < 1.29 is 22.8 Å². The Kier molecular flexibility index (Phi) is 5.21. The van der Waals surface area contributed by atoms with Crippen LogP contribution < -0.4 is 5.43 Å². The Morgan fingerprint density at radius 2 is 2.13 bits per heavy atom. The first-order valence-electron chi connectivity index (χ1n) is 6.08. The number of carbonyl (C=O) groups is 2. The van der Waals surface area contributed by atoms with Crippen molar-refractivity contribution in [1.82, 2.24) is 15.0 Å². The highest BCUT2D eigenvalue weighted by atomic mass is 32.1. The van der Waals surface area contributed by atoms with Crippen molar-refractivity contribution in [2.75, 3.05) is 0 Å². The molecule has 0 aliphatic heterocycles. The molecule has 2 heterocycles. The lowest BCUT2D eigenvalue weighted by Crippen LogP contribution is -2.30. The van der Waals surface area contributed by atoms with E-state index in [2.05, 4.69) is 14.7 Å². The molecule has 0 fully saturated rings. The van der Waals surface area contributed by atoms with Gasteiger partial charge in [0, 0.05) is 0 Å². The highest BCUT2D eigenvalue weighted by Crippen LogP contribution is 2.22. The molecule has 11 heteroatoms. The summed E-state index contributed by atoms with van der Waals surface area (Å²) in [6, 6.07) is 2.98. The second-order valence-electron chi connectivity index (χ2n) is 4.26. The lowest BCUT2D eigenvalue weighted by Gasteiger charge is -2.09. The van der Waals surface area contributed by atoms with Crippen molar-refractivity contribution in [2.24, 2.45) is 5.10 Å². The van der Waals surface area contributed by atoms with Gasteiger partial charge in [-0.3, -0.25) is 9.59 Å². The molecule has 0 aromatic carbocycles. The number of rotatable bonds is 5. The minimum absolute atomic E-state index is 0.0554. The summed E-state index contributed by atoms with van der Waals surface area (Å²) in [5.74, 6) is -1.58. The lowest BCUT2D eigenvalue weighted by atomic mass is 10.1. The Bertz CT molecular complexity index is 738. The Balaban J connectivity index is 2.14. The van der Waals surface area contributed by atoms with Gasteiger partial charge in [-0.2, -0.15) is 18.3 Å². The fourth-order valence-electron chi connectivity index (χ4n) is 1.49. The van der Waals surface area contributed by atoms with E-state index >= 15 is 0 Å². The quantitative estimate of drug-likeness (QED) is 0.504. The fourth-order valence-corrected chi connectivity index (χ4v) is 2.70. The summed E-state index contributed by atoms with van der Waals surface area (Å²) in [6.07, 6.45) is -5.79. The Morgan fingerprint density at radius 1 is 1.39 bits per heavy atom. The largest absolute Gasteiger partial charge is 0.431 e. The van der Waals surface area contributed by atoms with Gasteiger partial charge in [-0.15, -0.1) is 16.4 Å². The summed E-state index contributed by atoms with van der Waals surface area (Å²) in [4.78, 5) is 23.8. The number of Topliss-reactive ketones (excluding diaryl/α,β-unsaturated/α-hetero) is 1. The van der Waals surface area contributed by atoms with Gasteiger partial charge in [-0.05, 0) is 29.9 Å². The van der Waals surface area contributed by atoms with Crippen molar-refractivity contribution >= 4 is 40.3 Å². The van der Waals surface area contributed by atoms with E-state index in [-0.39, 0.29) is 15.4 Å². The second-order valence-corrected chi connectivity index (χ2v) is 5.96. The molecular formula is C12H9F3N4O2S2. The van der Waals surface area contributed by atoms with E-state index in [4.69, 9.17) is 0 Å². The number of amides is 1. The van der Waals surface area contributed by atoms with Crippen LogP contribution in [-0.4, -0.2) is 33.2 Å². The molecule has 23 heavy (non-hydrogen) atoms. The molecule has 2 aromatic heterocycles. The van der Waals surface area contributed by atoms with Gasteiger partial charge in [0.05, 0.1) is 17.0 Å². The molecule has 0 aliphatic rings. The SMILES string of the molecule is Cc1nnsc1C(=O)NN=C(CC(=O)c1cccs1)C(F)(F)F. The summed E-state index contributed by atoms with van der Waals surface area (Å²) in [5, 5.41) is 8.23. The molecule has 0 aliphatic carbocycles. The Morgan fingerprint density at radius 3 is 2.65 bits per heavy atom. The Hall–Kier alpha value is -2.14. The Labute approximate surface area is 136 Å². The van der Waals surface area contributed by atoms with Crippen LogP contribution in [0.5, 0.6) is 0 Å². The molecule has 122 valence electrons. The maximum Gasteiger partial charge on any atom is 0.431 e. The molecule has 0 unspecified atom stereocenters. The number of ketones is 1. The molecule has 2 aromatic rings. The van der Waals surface area contributed by atoms with Gasteiger partial charge < -0.3 is 0 Å². The third-order valence-corrected chi connectivity index (χ3v) is 4.34. The van der Waals surface area contributed by atoms with Crippen LogP contribution in [0.1, 0.15) is 31.5 Å². The number of hydrogen-bond acceptors (Lipinski definition) is 7. The van der Waals surface area contributed by atoms with Crippen LogP contribution in [0.2, 0.25) is 0 Å². The highest BCUT2D eigenvalue weighted by molar-refractivity contribution is 7.12. The lowest BCUT2D eigenvalue weighted by molar-refractivity contribution is -0.0605. The van der Waals surface area contributed by atoms with Gasteiger partial charge in [0.2, 0.25) is 0 Å². The van der Waals surface area contributed by atoms with Crippen molar-refractivity contribution in [3.05, 3.63) is 33.0 Å². The van der Waals surface area contributed by atoms with E-state index in [1.54, 1.807) is 16.9 Å². The minimum atomic E-state index is -4.83. The molecule has 2 rings (SSSR count). The van der Waals surface area contributed by atoms with Gasteiger partial charge in [0.1, 0.15) is 10.6 Å². The first-order valence-corrected chi connectivity index (χ1v) is 7.74. The number of aromatic nitrogens is 2. The van der Waals surface area contributed by atoms with Gasteiger partial charge in [-0.25, -0.2) is 5.43 Å². The van der Waals surface area contributed by atoms with Crippen molar-refractivity contribution in [3.8, 4) is 0 Å². The summed E-state index contributed by atoms with van der Waals surface area (Å²) in [5.41, 5.74) is 0.701. The van der Waals surface area contributed by atoms with Gasteiger partial charge >= 0.3 is 6.18 Å². The molecule has 0 radical (unpaired) electrons. The third-order valence-electron chi connectivity index (χ3n) is 2.60. The predicted molar refractivity (Wildman–Crippen MR) is 78.9 cm³/mol. The maximum atomic E-state index is 12.9. The molecule has 6 nitrogen and oxygen atoms in total. The summed E-state index contributed by atoms with van der Waals surface area (Å²) in [7, 11) is 0. The molecule has 0 atom stereocenters. The van der Waals surface area contributed by atoms with Crippen molar-refractivity contribution in [3.63, 3.8) is 0 Å². The average molecular weight is 362 g/mol. The number of nitrogens with zero attached hydrogens (tertiary/aromatic N) is 3. The first-order chi connectivity index (χ1) is 10.8. The number of halogens is 3. The van der Waals surface area contributed by atoms with Gasteiger partial charge in [-0.1, -0.05) is 10.6 Å². The number of aryl methyl sites for hydroxylation is 1. The number of alkyl halides is 3. The second kappa shape index (κ2) is 6.96. The van der Waals surface area contributed by atoms with Gasteiger partial charge in [0.15, 0.2) is 5.78 Å². The number of hydrazone groups is 1. The highest BCUT2D eigenvalue weighted by Gasteiger charge is 2.37. The van der Waals surface area contributed by atoms with Crippen LogP contribution in [-0.2, 0) is 0 Å².